The van der Waals surface area contributed by atoms with E-state index in [1.54, 1.807) is 0 Å². The lowest BCUT2D eigenvalue weighted by molar-refractivity contribution is 0.0831. The molecule has 1 N–H and O–H groups in total. The van der Waals surface area contributed by atoms with Gasteiger partial charge in [-0.05, 0) is 59.7 Å². The summed E-state index contributed by atoms with van der Waals surface area (Å²) < 4.78 is 5.62. The molecule has 1 fully saturated rings. The van der Waals surface area contributed by atoms with Crippen LogP contribution in [0.4, 0.5) is 0 Å². The van der Waals surface area contributed by atoms with Crippen molar-refractivity contribution in [2.24, 2.45) is 0 Å². The standard InChI is InChI=1S/C15H32N2O/c1-5-10-16-13(2)8-6-7-11-17(4)15-9-12-18-14(15)3/h13-16H,5-12H2,1-4H3. The third-order valence-electron chi connectivity index (χ3n) is 4.04. The fourth-order valence-corrected chi connectivity index (χ4v) is 2.77. The van der Waals surface area contributed by atoms with Gasteiger partial charge in [0.2, 0.25) is 0 Å². The summed E-state index contributed by atoms with van der Waals surface area (Å²) in [5.41, 5.74) is 0. The summed E-state index contributed by atoms with van der Waals surface area (Å²) in [5.74, 6) is 0. The van der Waals surface area contributed by atoms with Crippen molar-refractivity contribution >= 4 is 0 Å². The molecule has 3 atom stereocenters. The van der Waals surface area contributed by atoms with Crippen LogP contribution < -0.4 is 5.32 Å². The average molecular weight is 256 g/mol. The fraction of sp³-hybridized carbons (Fsp3) is 1.00. The molecule has 3 heteroatoms. The summed E-state index contributed by atoms with van der Waals surface area (Å²) in [4.78, 5) is 2.49. The Morgan fingerprint density at radius 3 is 2.78 bits per heavy atom. The Morgan fingerprint density at radius 2 is 2.17 bits per heavy atom. The first-order chi connectivity index (χ1) is 8.65. The number of unbranched alkanes of at least 4 members (excludes halogenated alkanes) is 1. The zero-order valence-corrected chi connectivity index (χ0v) is 12.7. The Labute approximate surface area is 113 Å². The van der Waals surface area contributed by atoms with E-state index in [0.29, 0.717) is 18.2 Å². The molecule has 3 unspecified atom stereocenters. The van der Waals surface area contributed by atoms with Crippen LogP contribution in [0, 0.1) is 0 Å². The van der Waals surface area contributed by atoms with Gasteiger partial charge in [0.15, 0.2) is 0 Å². The molecule has 18 heavy (non-hydrogen) atoms. The quantitative estimate of drug-likeness (QED) is 0.642. The molecule has 0 bridgehead atoms. The van der Waals surface area contributed by atoms with Gasteiger partial charge in [0, 0.05) is 18.7 Å². The van der Waals surface area contributed by atoms with E-state index >= 15 is 0 Å². The van der Waals surface area contributed by atoms with Crippen molar-refractivity contribution in [3.05, 3.63) is 0 Å². The van der Waals surface area contributed by atoms with Gasteiger partial charge in [-0.2, -0.15) is 0 Å². The van der Waals surface area contributed by atoms with E-state index < -0.39 is 0 Å². The second-order valence-electron chi connectivity index (χ2n) is 5.76. The molecule has 1 aliphatic rings. The van der Waals surface area contributed by atoms with E-state index in [9.17, 15) is 0 Å². The smallest absolute Gasteiger partial charge is 0.0702 e. The number of rotatable bonds is 9. The van der Waals surface area contributed by atoms with Crippen LogP contribution in [0.2, 0.25) is 0 Å². The molecule has 0 saturated carbocycles. The molecule has 1 saturated heterocycles. The lowest BCUT2D eigenvalue weighted by Gasteiger charge is -2.26. The molecular formula is C15H32N2O. The largest absolute Gasteiger partial charge is 0.377 e. The Balaban J connectivity index is 2.03. The number of hydrogen-bond donors (Lipinski definition) is 1. The van der Waals surface area contributed by atoms with Gasteiger partial charge >= 0.3 is 0 Å². The number of likely N-dealkylation sites (N-methyl/N-ethyl adjacent to an activating group) is 1. The van der Waals surface area contributed by atoms with Gasteiger partial charge in [-0.1, -0.05) is 13.3 Å². The van der Waals surface area contributed by atoms with Gasteiger partial charge in [0.05, 0.1) is 6.10 Å². The van der Waals surface area contributed by atoms with Gasteiger partial charge < -0.3 is 15.0 Å². The first-order valence-corrected chi connectivity index (χ1v) is 7.70. The van der Waals surface area contributed by atoms with Gasteiger partial charge in [-0.3, -0.25) is 0 Å². The molecule has 0 spiro atoms. The first kappa shape index (κ1) is 15.9. The molecule has 0 amide bonds. The molecule has 0 radical (unpaired) electrons. The summed E-state index contributed by atoms with van der Waals surface area (Å²) >= 11 is 0. The first-order valence-electron chi connectivity index (χ1n) is 7.70. The summed E-state index contributed by atoms with van der Waals surface area (Å²) in [6.07, 6.45) is 6.77. The van der Waals surface area contributed by atoms with Crippen LogP contribution in [0.3, 0.4) is 0 Å². The third kappa shape index (κ3) is 5.68. The normalized spacial score (nSPS) is 25.8. The zero-order valence-electron chi connectivity index (χ0n) is 12.7. The van der Waals surface area contributed by atoms with E-state index in [1.807, 2.05) is 0 Å². The molecule has 0 aromatic carbocycles. The molecule has 1 rings (SSSR count). The van der Waals surface area contributed by atoms with Crippen LogP contribution in [0.5, 0.6) is 0 Å². The van der Waals surface area contributed by atoms with Crippen molar-refractivity contribution in [2.45, 2.75) is 71.1 Å². The van der Waals surface area contributed by atoms with Crippen LogP contribution in [-0.2, 0) is 4.74 Å². The molecule has 3 nitrogen and oxygen atoms in total. The van der Waals surface area contributed by atoms with Crippen LogP contribution in [-0.4, -0.2) is 49.8 Å². The Morgan fingerprint density at radius 1 is 1.39 bits per heavy atom. The second-order valence-corrected chi connectivity index (χ2v) is 5.76. The van der Waals surface area contributed by atoms with Gasteiger partial charge in [-0.25, -0.2) is 0 Å². The summed E-state index contributed by atoms with van der Waals surface area (Å²) in [5, 5.41) is 3.55. The maximum Gasteiger partial charge on any atom is 0.0702 e. The molecule has 108 valence electrons. The van der Waals surface area contributed by atoms with Crippen LogP contribution in [0.1, 0.15) is 52.9 Å². The minimum atomic E-state index is 0.417. The number of nitrogens with zero attached hydrogens (tertiary/aromatic N) is 1. The van der Waals surface area contributed by atoms with Crippen molar-refractivity contribution in [1.29, 1.82) is 0 Å². The van der Waals surface area contributed by atoms with E-state index in [4.69, 9.17) is 4.74 Å². The van der Waals surface area contributed by atoms with Crippen LogP contribution >= 0.6 is 0 Å². The predicted octanol–water partition coefficient (Wildman–Crippen LogP) is 2.65. The highest BCUT2D eigenvalue weighted by Crippen LogP contribution is 2.18. The van der Waals surface area contributed by atoms with Crippen molar-refractivity contribution in [3.8, 4) is 0 Å². The lowest BCUT2D eigenvalue weighted by Crippen LogP contribution is -2.37. The highest BCUT2D eigenvalue weighted by atomic mass is 16.5. The lowest BCUT2D eigenvalue weighted by atomic mass is 10.1. The molecular weight excluding hydrogens is 224 g/mol. The van der Waals surface area contributed by atoms with Crippen molar-refractivity contribution in [3.63, 3.8) is 0 Å². The van der Waals surface area contributed by atoms with Crippen molar-refractivity contribution < 1.29 is 4.74 Å². The summed E-state index contributed by atoms with van der Waals surface area (Å²) in [6.45, 7) is 10.0. The summed E-state index contributed by atoms with van der Waals surface area (Å²) in [7, 11) is 2.24. The molecule has 0 aromatic rings. The van der Waals surface area contributed by atoms with Crippen molar-refractivity contribution in [1.82, 2.24) is 10.2 Å². The van der Waals surface area contributed by atoms with Crippen LogP contribution in [0.25, 0.3) is 0 Å². The van der Waals surface area contributed by atoms with Gasteiger partial charge in [0.25, 0.3) is 0 Å². The van der Waals surface area contributed by atoms with Gasteiger partial charge in [0.1, 0.15) is 0 Å². The second kappa shape index (κ2) is 8.89. The Bertz CT molecular complexity index is 211. The fourth-order valence-electron chi connectivity index (χ4n) is 2.77. The minimum absolute atomic E-state index is 0.417. The minimum Gasteiger partial charge on any atom is -0.377 e. The SMILES string of the molecule is CCCNC(C)CCCCN(C)C1CCOC1C. The maximum atomic E-state index is 5.62. The molecule has 1 heterocycles. The van der Waals surface area contributed by atoms with E-state index in [1.165, 1.54) is 38.6 Å². The maximum absolute atomic E-state index is 5.62. The molecule has 0 aliphatic carbocycles. The van der Waals surface area contributed by atoms with Gasteiger partial charge in [-0.15, -0.1) is 0 Å². The van der Waals surface area contributed by atoms with E-state index in [-0.39, 0.29) is 0 Å². The van der Waals surface area contributed by atoms with E-state index in [0.717, 1.165) is 13.2 Å². The monoisotopic (exact) mass is 256 g/mol. The van der Waals surface area contributed by atoms with E-state index in [2.05, 4.69) is 38.0 Å². The highest BCUT2D eigenvalue weighted by Gasteiger charge is 2.27. The topological polar surface area (TPSA) is 24.5 Å². The van der Waals surface area contributed by atoms with Crippen LogP contribution in [0.15, 0.2) is 0 Å². The number of hydrogen-bond acceptors (Lipinski definition) is 3. The Hall–Kier alpha value is -0.120. The highest BCUT2D eigenvalue weighted by molar-refractivity contribution is 4.80. The molecule has 0 aromatic heterocycles. The van der Waals surface area contributed by atoms with Crippen molar-refractivity contribution in [2.75, 3.05) is 26.7 Å². The third-order valence-corrected chi connectivity index (χ3v) is 4.04. The number of nitrogens with one attached hydrogen (secondary N) is 1. The summed E-state index contributed by atoms with van der Waals surface area (Å²) in [6, 6.07) is 1.31. The Kier molecular flexibility index (Phi) is 7.87. The molecule has 1 aliphatic heterocycles. The predicted molar refractivity (Wildman–Crippen MR) is 78.1 cm³/mol. The number of ether oxygens (including phenoxy) is 1. The zero-order chi connectivity index (χ0) is 13.4. The average Bonchev–Trinajstić information content (AvgIpc) is 2.78.